The van der Waals surface area contributed by atoms with Crippen LogP contribution in [0.5, 0.6) is 0 Å². The number of hydrogen-bond donors (Lipinski definition) is 2. The lowest BCUT2D eigenvalue weighted by Gasteiger charge is -2.31. The molecule has 104 valence electrons. The Bertz CT molecular complexity index is 279. The van der Waals surface area contributed by atoms with Crippen LogP contribution in [0.15, 0.2) is 12.2 Å². The number of carbonyl (C=O) groups is 1. The molecular weight excluding hydrogens is 228 g/mol. The molecule has 0 aromatic carbocycles. The zero-order chi connectivity index (χ0) is 13.4. The second kappa shape index (κ2) is 8.14. The molecule has 0 heterocycles. The van der Waals surface area contributed by atoms with Crippen LogP contribution in [-0.2, 0) is 0 Å². The first-order chi connectivity index (χ1) is 8.65. The van der Waals surface area contributed by atoms with Crippen molar-refractivity contribution >= 4 is 6.03 Å². The minimum Gasteiger partial charge on any atom is -0.393 e. The van der Waals surface area contributed by atoms with Gasteiger partial charge in [-0.25, -0.2) is 4.79 Å². The van der Waals surface area contributed by atoms with Crippen molar-refractivity contribution < 1.29 is 9.90 Å². The third kappa shape index (κ3) is 5.08. The maximum absolute atomic E-state index is 11.8. The Kier molecular flexibility index (Phi) is 6.80. The number of nitrogens with zero attached hydrogens (tertiary/aromatic N) is 1. The molecule has 0 aromatic heterocycles. The van der Waals surface area contributed by atoms with Gasteiger partial charge in [0.15, 0.2) is 0 Å². The van der Waals surface area contributed by atoms with E-state index in [4.69, 9.17) is 0 Å². The van der Waals surface area contributed by atoms with E-state index in [1.165, 1.54) is 6.42 Å². The van der Waals surface area contributed by atoms with Gasteiger partial charge in [-0.15, -0.1) is 0 Å². The Morgan fingerprint density at radius 2 is 2.17 bits per heavy atom. The molecule has 1 saturated carbocycles. The van der Waals surface area contributed by atoms with Gasteiger partial charge < -0.3 is 15.3 Å². The second-order valence-electron chi connectivity index (χ2n) is 5.08. The van der Waals surface area contributed by atoms with Gasteiger partial charge in [0.05, 0.1) is 6.10 Å². The number of allylic oxidation sites excluding steroid dienone is 1. The molecule has 0 radical (unpaired) electrons. The van der Waals surface area contributed by atoms with Crippen molar-refractivity contribution in [1.82, 2.24) is 10.2 Å². The lowest BCUT2D eigenvalue weighted by molar-refractivity contribution is 0.0565. The lowest BCUT2D eigenvalue weighted by atomic mass is 9.86. The fourth-order valence-electron chi connectivity index (χ4n) is 2.40. The van der Waals surface area contributed by atoms with Crippen LogP contribution in [-0.4, -0.2) is 42.3 Å². The first kappa shape index (κ1) is 15.0. The average molecular weight is 254 g/mol. The number of amides is 2. The van der Waals surface area contributed by atoms with Crippen molar-refractivity contribution in [1.29, 1.82) is 0 Å². The molecule has 0 bridgehead atoms. The Balaban J connectivity index is 2.25. The van der Waals surface area contributed by atoms with E-state index in [1.54, 1.807) is 11.9 Å². The molecule has 0 aliphatic heterocycles. The molecule has 1 rings (SSSR count). The SMILES string of the molecule is C/C=C/CCNC(=O)N(C)CC1CCCCC1O. The predicted octanol–water partition coefficient (Wildman–Crippen LogP) is 2.15. The highest BCUT2D eigenvalue weighted by molar-refractivity contribution is 5.73. The summed E-state index contributed by atoms with van der Waals surface area (Å²) in [7, 11) is 1.80. The van der Waals surface area contributed by atoms with Gasteiger partial charge in [0.1, 0.15) is 0 Å². The summed E-state index contributed by atoms with van der Waals surface area (Å²) in [5.41, 5.74) is 0. The number of nitrogens with one attached hydrogen (secondary N) is 1. The molecule has 4 nitrogen and oxygen atoms in total. The van der Waals surface area contributed by atoms with Gasteiger partial charge in [-0.3, -0.25) is 0 Å². The van der Waals surface area contributed by atoms with E-state index in [0.717, 1.165) is 25.7 Å². The summed E-state index contributed by atoms with van der Waals surface area (Å²) in [6.45, 7) is 3.29. The molecule has 2 N–H and O–H groups in total. The summed E-state index contributed by atoms with van der Waals surface area (Å²) in [5, 5.41) is 12.8. The summed E-state index contributed by atoms with van der Waals surface area (Å²) in [4.78, 5) is 13.5. The highest BCUT2D eigenvalue weighted by Gasteiger charge is 2.25. The van der Waals surface area contributed by atoms with Crippen molar-refractivity contribution in [3.05, 3.63) is 12.2 Å². The third-order valence-electron chi connectivity index (χ3n) is 3.55. The topological polar surface area (TPSA) is 52.6 Å². The lowest BCUT2D eigenvalue weighted by Crippen LogP contribution is -2.43. The van der Waals surface area contributed by atoms with Crippen LogP contribution in [0.1, 0.15) is 39.0 Å². The number of carbonyl (C=O) groups excluding carboxylic acids is 1. The Hall–Kier alpha value is -1.03. The van der Waals surface area contributed by atoms with Crippen LogP contribution in [0.2, 0.25) is 0 Å². The third-order valence-corrected chi connectivity index (χ3v) is 3.55. The first-order valence-corrected chi connectivity index (χ1v) is 6.93. The maximum Gasteiger partial charge on any atom is 0.317 e. The quantitative estimate of drug-likeness (QED) is 0.583. The van der Waals surface area contributed by atoms with Crippen LogP contribution in [0.25, 0.3) is 0 Å². The molecule has 0 saturated heterocycles. The van der Waals surface area contributed by atoms with Crippen molar-refractivity contribution in [3.63, 3.8) is 0 Å². The summed E-state index contributed by atoms with van der Waals surface area (Å²) < 4.78 is 0. The Morgan fingerprint density at radius 3 is 2.83 bits per heavy atom. The van der Waals surface area contributed by atoms with Crippen molar-refractivity contribution in [2.75, 3.05) is 20.1 Å². The number of rotatable bonds is 5. The van der Waals surface area contributed by atoms with Crippen LogP contribution in [0, 0.1) is 5.92 Å². The summed E-state index contributed by atoms with van der Waals surface area (Å²) in [6.07, 6.45) is 8.81. The predicted molar refractivity (Wildman–Crippen MR) is 73.4 cm³/mol. The van der Waals surface area contributed by atoms with Crippen LogP contribution in [0.3, 0.4) is 0 Å². The van der Waals surface area contributed by atoms with E-state index < -0.39 is 0 Å². The monoisotopic (exact) mass is 254 g/mol. The number of hydrogen-bond acceptors (Lipinski definition) is 2. The second-order valence-corrected chi connectivity index (χ2v) is 5.08. The molecule has 4 heteroatoms. The van der Waals surface area contributed by atoms with Gasteiger partial charge in [-0.05, 0) is 26.2 Å². The molecule has 1 aliphatic carbocycles. The Morgan fingerprint density at radius 1 is 1.44 bits per heavy atom. The van der Waals surface area contributed by atoms with Gasteiger partial charge in [-0.2, -0.15) is 0 Å². The van der Waals surface area contributed by atoms with Crippen molar-refractivity contribution in [2.45, 2.75) is 45.1 Å². The highest BCUT2D eigenvalue weighted by atomic mass is 16.3. The smallest absolute Gasteiger partial charge is 0.317 e. The van der Waals surface area contributed by atoms with E-state index in [0.29, 0.717) is 13.1 Å². The maximum atomic E-state index is 11.8. The highest BCUT2D eigenvalue weighted by Crippen LogP contribution is 2.24. The van der Waals surface area contributed by atoms with Gasteiger partial charge in [0.2, 0.25) is 0 Å². The number of aliphatic hydroxyl groups excluding tert-OH is 1. The van der Waals surface area contributed by atoms with Crippen LogP contribution in [0.4, 0.5) is 4.79 Å². The largest absolute Gasteiger partial charge is 0.393 e. The van der Waals surface area contributed by atoms with E-state index in [2.05, 4.69) is 5.32 Å². The molecule has 18 heavy (non-hydrogen) atoms. The van der Waals surface area contributed by atoms with Gasteiger partial charge in [0.25, 0.3) is 0 Å². The summed E-state index contributed by atoms with van der Waals surface area (Å²) in [6, 6.07) is -0.0442. The molecular formula is C14H26N2O2. The molecule has 2 amide bonds. The zero-order valence-corrected chi connectivity index (χ0v) is 11.6. The van der Waals surface area contributed by atoms with E-state index >= 15 is 0 Å². The van der Waals surface area contributed by atoms with E-state index in [-0.39, 0.29) is 18.1 Å². The number of urea groups is 1. The standard InChI is InChI=1S/C14H26N2O2/c1-3-4-7-10-15-14(18)16(2)11-12-8-5-6-9-13(12)17/h3-4,12-13,17H,5-11H2,1-2H3,(H,15,18)/b4-3+. The molecule has 0 aromatic rings. The Labute approximate surface area is 110 Å². The molecule has 2 atom stereocenters. The first-order valence-electron chi connectivity index (χ1n) is 6.93. The fraction of sp³-hybridized carbons (Fsp3) is 0.786. The fourth-order valence-corrected chi connectivity index (χ4v) is 2.40. The molecule has 1 aliphatic rings. The van der Waals surface area contributed by atoms with E-state index in [9.17, 15) is 9.90 Å². The molecule has 2 unspecified atom stereocenters. The average Bonchev–Trinajstić information content (AvgIpc) is 2.37. The van der Waals surface area contributed by atoms with Gasteiger partial charge in [0, 0.05) is 26.1 Å². The minimum atomic E-state index is -0.239. The zero-order valence-electron chi connectivity index (χ0n) is 11.6. The number of aliphatic hydroxyl groups is 1. The van der Waals surface area contributed by atoms with Crippen LogP contribution >= 0.6 is 0 Å². The van der Waals surface area contributed by atoms with Crippen molar-refractivity contribution in [2.24, 2.45) is 5.92 Å². The molecule has 1 fully saturated rings. The van der Waals surface area contributed by atoms with Gasteiger partial charge in [-0.1, -0.05) is 25.0 Å². The van der Waals surface area contributed by atoms with Crippen LogP contribution < -0.4 is 5.32 Å². The summed E-state index contributed by atoms with van der Waals surface area (Å²) in [5.74, 6) is 0.241. The van der Waals surface area contributed by atoms with Gasteiger partial charge >= 0.3 is 6.03 Å². The van der Waals surface area contributed by atoms with Crippen molar-refractivity contribution in [3.8, 4) is 0 Å². The minimum absolute atomic E-state index is 0.0442. The molecule has 0 spiro atoms. The summed E-state index contributed by atoms with van der Waals surface area (Å²) >= 11 is 0. The normalized spacial score (nSPS) is 24.2. The van der Waals surface area contributed by atoms with E-state index in [1.807, 2.05) is 19.1 Å².